The second kappa shape index (κ2) is 5.89. The molecule has 0 aliphatic carbocycles. The quantitative estimate of drug-likeness (QED) is 0.478. The number of ether oxygens (including phenoxy) is 1. The van der Waals surface area contributed by atoms with Gasteiger partial charge in [0.25, 0.3) is 0 Å². The van der Waals surface area contributed by atoms with Crippen molar-refractivity contribution in [2.45, 2.75) is 12.7 Å². The average Bonchev–Trinajstić information content (AvgIpc) is 2.26. The van der Waals surface area contributed by atoms with Crippen molar-refractivity contribution < 1.29 is 18.6 Å². The summed E-state index contributed by atoms with van der Waals surface area (Å²) in [5, 5.41) is 12.7. The van der Waals surface area contributed by atoms with Crippen molar-refractivity contribution >= 4 is 0 Å². The van der Waals surface area contributed by atoms with E-state index in [1.807, 2.05) is 0 Å². The van der Waals surface area contributed by atoms with Gasteiger partial charge in [-0.25, -0.2) is 0 Å². The van der Waals surface area contributed by atoms with Crippen LogP contribution in [0.1, 0.15) is 11.7 Å². The van der Waals surface area contributed by atoms with Crippen molar-refractivity contribution in [2.24, 2.45) is 5.11 Å². The molecule has 5 nitrogen and oxygen atoms in total. The van der Waals surface area contributed by atoms with Crippen LogP contribution in [-0.2, 0) is 0 Å². The first kappa shape index (κ1) is 12.2. The Morgan fingerprint density at radius 1 is 1.44 bits per heavy atom. The van der Waals surface area contributed by atoms with E-state index in [0.717, 1.165) is 0 Å². The summed E-state index contributed by atoms with van der Waals surface area (Å²) < 4.78 is 28.3. The summed E-state index contributed by atoms with van der Waals surface area (Å²) in [4.78, 5) is 2.47. The smallest absolute Gasteiger partial charge is 0.387 e. The molecule has 16 heavy (non-hydrogen) atoms. The molecule has 1 N–H and O–H groups in total. The van der Waals surface area contributed by atoms with Gasteiger partial charge in [0, 0.05) is 10.5 Å². The molecule has 7 heteroatoms. The molecule has 0 aliphatic heterocycles. The van der Waals surface area contributed by atoms with Gasteiger partial charge in [0.15, 0.2) is 0 Å². The summed E-state index contributed by atoms with van der Waals surface area (Å²) in [5.41, 5.74) is 8.23. The molecule has 1 aromatic rings. The van der Waals surface area contributed by atoms with Crippen LogP contribution in [0, 0.1) is 0 Å². The molecule has 0 radical (unpaired) electrons. The van der Waals surface area contributed by atoms with Crippen molar-refractivity contribution in [1.29, 1.82) is 0 Å². The van der Waals surface area contributed by atoms with E-state index in [9.17, 15) is 13.9 Å². The van der Waals surface area contributed by atoms with Crippen LogP contribution in [0.3, 0.4) is 0 Å². The first-order valence-corrected chi connectivity index (χ1v) is 4.37. The highest BCUT2D eigenvalue weighted by molar-refractivity contribution is 5.35. The van der Waals surface area contributed by atoms with Crippen LogP contribution in [0.25, 0.3) is 10.4 Å². The molecular formula is C9H9F2N3O2. The predicted octanol–water partition coefficient (Wildman–Crippen LogP) is 2.63. The number of hydrogen-bond donors (Lipinski definition) is 1. The number of halogens is 2. The topological polar surface area (TPSA) is 78.2 Å². The van der Waals surface area contributed by atoms with E-state index in [-0.39, 0.29) is 17.9 Å². The van der Waals surface area contributed by atoms with Crippen LogP contribution in [0.5, 0.6) is 5.75 Å². The fourth-order valence-corrected chi connectivity index (χ4v) is 1.17. The summed E-state index contributed by atoms with van der Waals surface area (Å²) in [7, 11) is 0. The maximum Gasteiger partial charge on any atom is 0.387 e. The first-order valence-electron chi connectivity index (χ1n) is 4.37. The zero-order valence-corrected chi connectivity index (χ0v) is 8.12. The third kappa shape index (κ3) is 3.38. The third-order valence-electron chi connectivity index (χ3n) is 1.81. The zero-order chi connectivity index (χ0) is 12.0. The van der Waals surface area contributed by atoms with Crippen LogP contribution in [0.2, 0.25) is 0 Å². The molecule has 86 valence electrons. The molecule has 0 fully saturated rings. The van der Waals surface area contributed by atoms with E-state index in [1.165, 1.54) is 18.2 Å². The molecular weight excluding hydrogens is 220 g/mol. The lowest BCUT2D eigenvalue weighted by Crippen LogP contribution is -2.08. The Balaban J connectivity index is 2.88. The van der Waals surface area contributed by atoms with E-state index >= 15 is 0 Å². The van der Waals surface area contributed by atoms with Crippen LogP contribution >= 0.6 is 0 Å². The lowest BCUT2D eigenvalue weighted by atomic mass is 10.1. The van der Waals surface area contributed by atoms with Crippen molar-refractivity contribution in [3.8, 4) is 5.75 Å². The van der Waals surface area contributed by atoms with E-state index in [1.54, 1.807) is 6.07 Å². The highest BCUT2D eigenvalue weighted by Gasteiger charge is 2.14. The van der Waals surface area contributed by atoms with Crippen LogP contribution in [0.15, 0.2) is 29.4 Å². The van der Waals surface area contributed by atoms with E-state index in [0.29, 0.717) is 0 Å². The molecule has 0 aliphatic rings. The van der Waals surface area contributed by atoms with Crippen molar-refractivity contribution in [2.75, 3.05) is 6.54 Å². The molecule has 0 spiro atoms. The van der Waals surface area contributed by atoms with Crippen molar-refractivity contribution in [3.63, 3.8) is 0 Å². The average molecular weight is 229 g/mol. The van der Waals surface area contributed by atoms with E-state index in [4.69, 9.17) is 5.53 Å². The lowest BCUT2D eigenvalue weighted by molar-refractivity contribution is -0.0514. The Kier molecular flexibility index (Phi) is 4.50. The summed E-state index contributed by atoms with van der Waals surface area (Å²) in [6.45, 7) is -3.20. The second-order valence-corrected chi connectivity index (χ2v) is 2.85. The lowest BCUT2D eigenvalue weighted by Gasteiger charge is -2.13. The molecule has 0 heterocycles. The number of para-hydroxylation sites is 1. The predicted molar refractivity (Wildman–Crippen MR) is 52.0 cm³/mol. The molecule has 0 unspecified atom stereocenters. The van der Waals surface area contributed by atoms with Gasteiger partial charge in [0.1, 0.15) is 5.75 Å². The van der Waals surface area contributed by atoms with Crippen LogP contribution in [0.4, 0.5) is 8.78 Å². The fourth-order valence-electron chi connectivity index (χ4n) is 1.17. The van der Waals surface area contributed by atoms with Gasteiger partial charge in [0.05, 0.1) is 12.6 Å². The van der Waals surface area contributed by atoms with Gasteiger partial charge < -0.3 is 9.84 Å². The number of hydrogen-bond acceptors (Lipinski definition) is 3. The van der Waals surface area contributed by atoms with Crippen LogP contribution in [-0.4, -0.2) is 18.3 Å². The number of benzene rings is 1. The van der Waals surface area contributed by atoms with Crippen molar-refractivity contribution in [1.82, 2.24) is 0 Å². The molecule has 0 saturated heterocycles. The Morgan fingerprint density at radius 3 is 2.75 bits per heavy atom. The molecule has 1 rings (SSSR count). The van der Waals surface area contributed by atoms with Gasteiger partial charge in [-0.15, -0.1) is 0 Å². The number of nitrogens with zero attached hydrogens (tertiary/aromatic N) is 3. The van der Waals surface area contributed by atoms with Gasteiger partial charge in [-0.3, -0.25) is 0 Å². The van der Waals surface area contributed by atoms with Gasteiger partial charge in [0.2, 0.25) is 0 Å². The molecule has 1 aromatic carbocycles. The normalized spacial score (nSPS) is 12.0. The summed E-state index contributed by atoms with van der Waals surface area (Å²) >= 11 is 0. The van der Waals surface area contributed by atoms with Gasteiger partial charge in [-0.1, -0.05) is 23.3 Å². The largest absolute Gasteiger partial charge is 0.434 e. The number of aliphatic hydroxyl groups is 1. The minimum atomic E-state index is -2.96. The molecule has 1 atom stereocenters. The molecule has 0 amide bonds. The standard InChI is InChI=1S/C9H9F2N3O2/c10-9(11)16-8-4-2-1-3-6(8)7(15)5-13-14-12/h1-4,7,9,15H,5H2/t7-/m0/s1. The number of azide groups is 1. The highest BCUT2D eigenvalue weighted by atomic mass is 19.3. The van der Waals surface area contributed by atoms with Gasteiger partial charge >= 0.3 is 6.61 Å². The van der Waals surface area contributed by atoms with Gasteiger partial charge in [-0.05, 0) is 11.6 Å². The van der Waals surface area contributed by atoms with Gasteiger partial charge in [-0.2, -0.15) is 8.78 Å². The Labute approximate surface area is 89.9 Å². The minimum absolute atomic E-state index is 0.127. The maximum absolute atomic E-state index is 12.0. The highest BCUT2D eigenvalue weighted by Crippen LogP contribution is 2.26. The Hall–Kier alpha value is -1.85. The first-order chi connectivity index (χ1) is 7.65. The molecule has 0 saturated carbocycles. The second-order valence-electron chi connectivity index (χ2n) is 2.85. The maximum atomic E-state index is 12.0. The fraction of sp³-hybridized carbons (Fsp3) is 0.333. The van der Waals surface area contributed by atoms with E-state index in [2.05, 4.69) is 14.8 Å². The van der Waals surface area contributed by atoms with E-state index < -0.39 is 12.7 Å². The summed E-state index contributed by atoms with van der Waals surface area (Å²) in [5.74, 6) is -0.127. The van der Waals surface area contributed by atoms with Crippen molar-refractivity contribution in [3.05, 3.63) is 40.3 Å². The Morgan fingerprint density at radius 2 is 2.12 bits per heavy atom. The zero-order valence-electron chi connectivity index (χ0n) is 8.12. The number of aliphatic hydroxyl groups excluding tert-OH is 1. The number of rotatable bonds is 5. The Bertz CT molecular complexity index is 394. The molecule has 0 aromatic heterocycles. The number of alkyl halides is 2. The minimum Gasteiger partial charge on any atom is -0.434 e. The SMILES string of the molecule is [N-]=[N+]=NC[C@H](O)c1ccccc1OC(F)F. The summed E-state index contributed by atoms with van der Waals surface area (Å²) in [6, 6.07) is 5.80. The van der Waals surface area contributed by atoms with Crippen LogP contribution < -0.4 is 4.74 Å². The third-order valence-corrected chi connectivity index (χ3v) is 1.81. The molecule has 0 bridgehead atoms. The summed E-state index contributed by atoms with van der Waals surface area (Å²) in [6.07, 6.45) is -1.16. The monoisotopic (exact) mass is 229 g/mol.